The van der Waals surface area contributed by atoms with Crippen LogP contribution in [0.1, 0.15) is 23.8 Å². The number of carboxylic acids is 1. The molecule has 0 spiro atoms. The number of aliphatic hydroxyl groups is 1. The van der Waals surface area contributed by atoms with E-state index in [-0.39, 0.29) is 17.1 Å². The highest BCUT2D eigenvalue weighted by Crippen LogP contribution is 2.24. The number of hydrogen-bond donors (Lipinski definition) is 3. The zero-order chi connectivity index (χ0) is 17.0. The first kappa shape index (κ1) is 17.0. The SMILES string of the molecule is CCC(O)CN(c1ccccc1)S(=O)(=O)c1c[nH]c(C(=O)O)c1. The molecule has 7 nitrogen and oxygen atoms in total. The van der Waals surface area contributed by atoms with Crippen LogP contribution in [0.3, 0.4) is 0 Å². The van der Waals surface area contributed by atoms with Crippen LogP contribution in [0.4, 0.5) is 5.69 Å². The Morgan fingerprint density at radius 3 is 2.48 bits per heavy atom. The van der Waals surface area contributed by atoms with E-state index in [0.29, 0.717) is 12.1 Å². The van der Waals surface area contributed by atoms with Gasteiger partial charge in [-0.25, -0.2) is 13.2 Å². The maximum Gasteiger partial charge on any atom is 0.352 e. The number of anilines is 1. The first-order chi connectivity index (χ1) is 10.9. The highest BCUT2D eigenvalue weighted by Gasteiger charge is 2.28. The van der Waals surface area contributed by atoms with Crippen molar-refractivity contribution in [2.45, 2.75) is 24.3 Å². The highest BCUT2D eigenvalue weighted by atomic mass is 32.2. The van der Waals surface area contributed by atoms with Crippen molar-refractivity contribution in [3.63, 3.8) is 0 Å². The van der Waals surface area contributed by atoms with Crippen LogP contribution in [0.25, 0.3) is 0 Å². The Kier molecular flexibility index (Phi) is 5.07. The molecular formula is C15H18N2O5S. The maximum atomic E-state index is 12.8. The molecule has 1 heterocycles. The quantitative estimate of drug-likeness (QED) is 0.711. The highest BCUT2D eigenvalue weighted by molar-refractivity contribution is 7.92. The number of rotatable bonds is 7. The van der Waals surface area contributed by atoms with Crippen LogP contribution < -0.4 is 4.31 Å². The minimum atomic E-state index is -3.99. The zero-order valence-corrected chi connectivity index (χ0v) is 13.3. The maximum absolute atomic E-state index is 12.8. The predicted octanol–water partition coefficient (Wildman–Crippen LogP) is 1.68. The summed E-state index contributed by atoms with van der Waals surface area (Å²) in [6.07, 6.45) is 0.697. The molecule has 0 amide bonds. The summed E-state index contributed by atoms with van der Waals surface area (Å²) in [7, 11) is -3.99. The summed E-state index contributed by atoms with van der Waals surface area (Å²) in [6, 6.07) is 9.43. The van der Waals surface area contributed by atoms with Crippen molar-refractivity contribution in [3.8, 4) is 0 Å². The van der Waals surface area contributed by atoms with Crippen LogP contribution in [0.15, 0.2) is 47.5 Å². The molecule has 1 atom stereocenters. The van der Waals surface area contributed by atoms with Gasteiger partial charge in [-0.2, -0.15) is 0 Å². The van der Waals surface area contributed by atoms with Crippen molar-refractivity contribution in [3.05, 3.63) is 48.3 Å². The van der Waals surface area contributed by atoms with E-state index in [4.69, 9.17) is 5.11 Å². The van der Waals surface area contributed by atoms with Gasteiger partial charge in [-0.3, -0.25) is 4.31 Å². The van der Waals surface area contributed by atoms with Crippen LogP contribution in [-0.4, -0.2) is 42.2 Å². The average Bonchev–Trinajstić information content (AvgIpc) is 3.04. The fourth-order valence-corrected chi connectivity index (χ4v) is 3.53. The van der Waals surface area contributed by atoms with Crippen LogP contribution in [0.2, 0.25) is 0 Å². The van der Waals surface area contributed by atoms with Crippen LogP contribution in [0.5, 0.6) is 0 Å². The normalized spacial score (nSPS) is 12.8. The molecule has 0 aliphatic carbocycles. The van der Waals surface area contributed by atoms with Crippen LogP contribution in [-0.2, 0) is 10.0 Å². The Morgan fingerprint density at radius 1 is 1.30 bits per heavy atom. The number of nitrogens with one attached hydrogen (secondary N) is 1. The average molecular weight is 338 g/mol. The molecule has 0 radical (unpaired) electrons. The van der Waals surface area contributed by atoms with E-state index in [1.165, 1.54) is 0 Å². The Labute approximate surface area is 134 Å². The number of H-pyrrole nitrogens is 1. The molecule has 0 aliphatic heterocycles. The van der Waals surface area contributed by atoms with Gasteiger partial charge in [-0.05, 0) is 24.6 Å². The number of carboxylic acid groups (broad SMARTS) is 1. The van der Waals surface area contributed by atoms with Crippen molar-refractivity contribution < 1.29 is 23.4 Å². The third-order valence-electron chi connectivity index (χ3n) is 3.37. The topological polar surface area (TPSA) is 111 Å². The number of aromatic amines is 1. The van der Waals surface area contributed by atoms with E-state index >= 15 is 0 Å². The summed E-state index contributed by atoms with van der Waals surface area (Å²) >= 11 is 0. The summed E-state index contributed by atoms with van der Waals surface area (Å²) in [5.41, 5.74) is 0.186. The second-order valence-corrected chi connectivity index (χ2v) is 6.85. The minimum absolute atomic E-state index is 0.115. The molecule has 0 aliphatic rings. The Hall–Kier alpha value is -2.32. The van der Waals surface area contributed by atoms with Crippen molar-refractivity contribution in [1.29, 1.82) is 0 Å². The van der Waals surface area contributed by atoms with Gasteiger partial charge in [-0.1, -0.05) is 25.1 Å². The second kappa shape index (κ2) is 6.84. The third kappa shape index (κ3) is 3.72. The number of benzene rings is 1. The number of nitrogens with zero attached hydrogens (tertiary/aromatic N) is 1. The van der Waals surface area contributed by atoms with Gasteiger partial charge < -0.3 is 15.2 Å². The van der Waals surface area contributed by atoms with Crippen molar-refractivity contribution in [1.82, 2.24) is 4.98 Å². The van der Waals surface area contributed by atoms with Gasteiger partial charge in [-0.15, -0.1) is 0 Å². The van der Waals surface area contributed by atoms with Crippen molar-refractivity contribution in [2.24, 2.45) is 0 Å². The lowest BCUT2D eigenvalue weighted by molar-refractivity contribution is 0.0691. The summed E-state index contributed by atoms with van der Waals surface area (Å²) < 4.78 is 26.7. The molecule has 1 unspecified atom stereocenters. The number of aromatic carboxylic acids is 1. The molecule has 1 aromatic carbocycles. The molecule has 2 aromatic rings. The molecular weight excluding hydrogens is 320 g/mol. The standard InChI is InChI=1S/C15H18N2O5S/c1-2-12(18)10-17(11-6-4-3-5-7-11)23(21,22)13-8-14(15(19)20)16-9-13/h3-9,12,16,18H,2,10H2,1H3,(H,19,20). The number of aliphatic hydroxyl groups excluding tert-OH is 1. The monoisotopic (exact) mass is 338 g/mol. The molecule has 124 valence electrons. The lowest BCUT2D eigenvalue weighted by Gasteiger charge is -2.26. The summed E-state index contributed by atoms with van der Waals surface area (Å²) in [5.74, 6) is -1.24. The number of carbonyl (C=O) groups is 1. The molecule has 0 fully saturated rings. The second-order valence-electron chi connectivity index (χ2n) is 4.99. The van der Waals surface area contributed by atoms with E-state index in [0.717, 1.165) is 16.6 Å². The molecule has 1 aromatic heterocycles. The molecule has 3 N–H and O–H groups in total. The van der Waals surface area contributed by atoms with Crippen LogP contribution in [0, 0.1) is 0 Å². The Bertz CT molecular complexity index is 770. The van der Waals surface area contributed by atoms with Gasteiger partial charge in [0, 0.05) is 6.20 Å². The lowest BCUT2D eigenvalue weighted by Crippen LogP contribution is -2.37. The fourth-order valence-electron chi connectivity index (χ4n) is 2.03. The van der Waals surface area contributed by atoms with E-state index in [1.807, 2.05) is 0 Å². The van der Waals surface area contributed by atoms with E-state index in [1.54, 1.807) is 37.3 Å². The van der Waals surface area contributed by atoms with E-state index in [2.05, 4.69) is 4.98 Å². The zero-order valence-electron chi connectivity index (χ0n) is 12.5. The molecule has 8 heteroatoms. The lowest BCUT2D eigenvalue weighted by atomic mass is 10.2. The molecule has 0 bridgehead atoms. The summed E-state index contributed by atoms with van der Waals surface area (Å²) in [6.45, 7) is 1.63. The summed E-state index contributed by atoms with van der Waals surface area (Å²) in [5, 5.41) is 18.8. The van der Waals surface area contributed by atoms with E-state index < -0.39 is 22.1 Å². The predicted molar refractivity (Wildman–Crippen MR) is 85.0 cm³/mol. The smallest absolute Gasteiger partial charge is 0.352 e. The fraction of sp³-hybridized carbons (Fsp3) is 0.267. The van der Waals surface area contributed by atoms with Crippen LogP contribution >= 0.6 is 0 Å². The first-order valence-electron chi connectivity index (χ1n) is 7.03. The molecule has 0 saturated heterocycles. The van der Waals surface area contributed by atoms with Gasteiger partial charge in [0.25, 0.3) is 10.0 Å². The van der Waals surface area contributed by atoms with Gasteiger partial charge in [0.1, 0.15) is 10.6 Å². The minimum Gasteiger partial charge on any atom is -0.477 e. The van der Waals surface area contributed by atoms with Gasteiger partial charge >= 0.3 is 5.97 Å². The van der Waals surface area contributed by atoms with Gasteiger partial charge in [0.15, 0.2) is 0 Å². The first-order valence-corrected chi connectivity index (χ1v) is 8.47. The third-order valence-corrected chi connectivity index (χ3v) is 5.14. The number of aromatic nitrogens is 1. The Morgan fingerprint density at radius 2 is 1.96 bits per heavy atom. The largest absolute Gasteiger partial charge is 0.477 e. The summed E-state index contributed by atoms with van der Waals surface area (Å²) in [4.78, 5) is 13.2. The molecule has 2 rings (SSSR count). The van der Waals surface area contributed by atoms with E-state index in [9.17, 15) is 18.3 Å². The Balaban J connectivity index is 2.45. The molecule has 23 heavy (non-hydrogen) atoms. The van der Waals surface area contributed by atoms with Crippen molar-refractivity contribution >= 4 is 21.7 Å². The van der Waals surface area contributed by atoms with Crippen molar-refractivity contribution in [2.75, 3.05) is 10.8 Å². The molecule has 0 saturated carbocycles. The number of hydrogen-bond acceptors (Lipinski definition) is 4. The van der Waals surface area contributed by atoms with Gasteiger partial charge in [0.05, 0.1) is 18.3 Å². The van der Waals surface area contributed by atoms with Gasteiger partial charge in [0.2, 0.25) is 0 Å². The number of para-hydroxylation sites is 1. The number of sulfonamides is 1.